The van der Waals surface area contributed by atoms with E-state index in [9.17, 15) is 14.4 Å². The molecule has 0 aliphatic rings. The molecule has 1 amide bonds. The van der Waals surface area contributed by atoms with Crippen LogP contribution < -0.4 is 10.1 Å². The third-order valence-electron chi connectivity index (χ3n) is 4.02. The Morgan fingerprint density at radius 1 is 1.16 bits per heavy atom. The van der Waals surface area contributed by atoms with Crippen LogP contribution in [0.2, 0.25) is 0 Å². The molecule has 1 N–H and O–H groups in total. The minimum Gasteiger partial charge on any atom is -0.467 e. The molecule has 0 bridgehead atoms. The molecule has 0 aromatic heterocycles. The summed E-state index contributed by atoms with van der Waals surface area (Å²) < 4.78 is 10.1. The highest BCUT2D eigenvalue weighted by Gasteiger charge is 2.25. The van der Waals surface area contributed by atoms with Gasteiger partial charge < -0.3 is 14.8 Å². The number of benzene rings is 1. The van der Waals surface area contributed by atoms with E-state index in [4.69, 9.17) is 9.47 Å². The summed E-state index contributed by atoms with van der Waals surface area (Å²) in [6.45, 7) is 10.6. The molecule has 0 aliphatic carbocycles. The molecule has 1 aromatic rings. The quantitative estimate of drug-likeness (QED) is 0.630. The minimum atomic E-state index is -0.766. The normalized spacial score (nSPS) is 11.8. The topological polar surface area (TPSA) is 81.7 Å². The summed E-state index contributed by atoms with van der Waals surface area (Å²) >= 11 is 0. The van der Waals surface area contributed by atoms with Crippen LogP contribution in [0, 0.1) is 13.8 Å². The van der Waals surface area contributed by atoms with Crippen molar-refractivity contribution in [3.63, 3.8) is 0 Å². The number of aryl methyl sites for hydroxylation is 1. The number of hydrogen-bond donors (Lipinski definition) is 1. The van der Waals surface area contributed by atoms with Gasteiger partial charge in [-0.3, -0.25) is 9.59 Å². The van der Waals surface area contributed by atoms with Crippen molar-refractivity contribution < 1.29 is 23.9 Å². The van der Waals surface area contributed by atoms with Crippen molar-refractivity contribution in [3.8, 4) is 5.75 Å². The van der Waals surface area contributed by atoms with Gasteiger partial charge in [0, 0.05) is 20.3 Å². The molecule has 0 spiro atoms. The maximum Gasteiger partial charge on any atom is 0.328 e. The standard InChI is InChI=1S/C19H27NO5/c1-10(2)18-12(4)17(25-14(6)22)8-11(3)15(18)9-16(19(23)24-7)20-13(5)21/h8,10,16H,9H2,1-7H3,(H,20,21)/t16-/m0/s1. The number of hydrogen-bond acceptors (Lipinski definition) is 5. The smallest absolute Gasteiger partial charge is 0.328 e. The van der Waals surface area contributed by atoms with Gasteiger partial charge >= 0.3 is 11.9 Å². The van der Waals surface area contributed by atoms with E-state index in [0.717, 1.165) is 22.3 Å². The lowest BCUT2D eigenvalue weighted by Crippen LogP contribution is -2.42. The van der Waals surface area contributed by atoms with Crippen molar-refractivity contribution in [1.82, 2.24) is 5.32 Å². The van der Waals surface area contributed by atoms with Gasteiger partial charge in [0.2, 0.25) is 5.91 Å². The number of methoxy groups -OCH3 is 1. The summed E-state index contributed by atoms with van der Waals surface area (Å²) in [5.74, 6) is -0.500. The summed E-state index contributed by atoms with van der Waals surface area (Å²) in [5, 5.41) is 2.64. The molecule has 0 aliphatic heterocycles. The highest BCUT2D eigenvalue weighted by molar-refractivity contribution is 5.83. The lowest BCUT2D eigenvalue weighted by atomic mass is 9.86. The van der Waals surface area contributed by atoms with Crippen LogP contribution in [0.25, 0.3) is 0 Å². The zero-order chi connectivity index (χ0) is 19.3. The van der Waals surface area contributed by atoms with Gasteiger partial charge in [-0.15, -0.1) is 0 Å². The van der Waals surface area contributed by atoms with E-state index in [1.807, 2.05) is 27.7 Å². The fourth-order valence-electron chi connectivity index (χ4n) is 3.06. The summed E-state index contributed by atoms with van der Waals surface area (Å²) in [5.41, 5.74) is 3.71. The van der Waals surface area contributed by atoms with Crippen LogP contribution in [-0.2, 0) is 25.5 Å². The molecule has 138 valence electrons. The minimum absolute atomic E-state index is 0.153. The Balaban J connectivity index is 3.42. The zero-order valence-electron chi connectivity index (χ0n) is 16.0. The first-order valence-corrected chi connectivity index (χ1v) is 8.24. The SMILES string of the molecule is COC(=O)[C@H](Cc1c(C)cc(OC(C)=O)c(C)c1C(C)C)NC(C)=O. The van der Waals surface area contributed by atoms with Crippen LogP contribution in [0.1, 0.15) is 55.9 Å². The van der Waals surface area contributed by atoms with E-state index >= 15 is 0 Å². The molecule has 0 saturated heterocycles. The number of carbonyl (C=O) groups excluding carboxylic acids is 3. The van der Waals surface area contributed by atoms with E-state index in [1.165, 1.54) is 21.0 Å². The molecule has 0 heterocycles. The van der Waals surface area contributed by atoms with Crippen molar-refractivity contribution in [2.75, 3.05) is 7.11 Å². The van der Waals surface area contributed by atoms with Gasteiger partial charge in [0.25, 0.3) is 0 Å². The number of carbonyl (C=O) groups is 3. The molecule has 1 aromatic carbocycles. The first kappa shape index (κ1) is 20.7. The van der Waals surface area contributed by atoms with Crippen molar-refractivity contribution in [1.29, 1.82) is 0 Å². The highest BCUT2D eigenvalue weighted by Crippen LogP contribution is 2.34. The number of rotatable bonds is 6. The van der Waals surface area contributed by atoms with Gasteiger partial charge in [-0.1, -0.05) is 13.8 Å². The van der Waals surface area contributed by atoms with Crippen LogP contribution in [-0.4, -0.2) is 31.0 Å². The second kappa shape index (κ2) is 8.65. The molecule has 0 fully saturated rings. The monoisotopic (exact) mass is 349 g/mol. The number of ether oxygens (including phenoxy) is 2. The first-order valence-electron chi connectivity index (χ1n) is 8.24. The molecule has 0 saturated carbocycles. The van der Waals surface area contributed by atoms with Crippen LogP contribution in [0.4, 0.5) is 0 Å². The largest absolute Gasteiger partial charge is 0.467 e. The second-order valence-corrected chi connectivity index (χ2v) is 6.44. The molecule has 0 radical (unpaired) electrons. The van der Waals surface area contributed by atoms with Crippen LogP contribution >= 0.6 is 0 Å². The van der Waals surface area contributed by atoms with Crippen molar-refractivity contribution in [3.05, 3.63) is 28.3 Å². The Bertz CT molecular complexity index is 679. The van der Waals surface area contributed by atoms with E-state index in [0.29, 0.717) is 12.2 Å². The van der Waals surface area contributed by atoms with E-state index in [-0.39, 0.29) is 17.8 Å². The maximum atomic E-state index is 12.0. The molecular formula is C19H27NO5. The van der Waals surface area contributed by atoms with Crippen LogP contribution in [0.3, 0.4) is 0 Å². The average Bonchev–Trinajstić information content (AvgIpc) is 2.49. The van der Waals surface area contributed by atoms with Gasteiger partial charge in [0.1, 0.15) is 11.8 Å². The highest BCUT2D eigenvalue weighted by atomic mass is 16.5. The van der Waals surface area contributed by atoms with Crippen molar-refractivity contribution >= 4 is 17.8 Å². The third-order valence-corrected chi connectivity index (χ3v) is 4.02. The Morgan fingerprint density at radius 2 is 1.76 bits per heavy atom. The lowest BCUT2D eigenvalue weighted by molar-refractivity contribution is -0.144. The fraction of sp³-hybridized carbons (Fsp3) is 0.526. The number of nitrogens with one attached hydrogen (secondary N) is 1. The molecule has 1 rings (SSSR count). The van der Waals surface area contributed by atoms with Gasteiger partial charge in [0.05, 0.1) is 7.11 Å². The Labute approximate surface area is 148 Å². The molecule has 6 heteroatoms. The summed E-state index contributed by atoms with van der Waals surface area (Å²) in [6, 6.07) is 1.03. The fourth-order valence-corrected chi connectivity index (χ4v) is 3.06. The molecule has 0 unspecified atom stereocenters. The molecular weight excluding hydrogens is 322 g/mol. The summed E-state index contributed by atoms with van der Waals surface area (Å²) in [6.07, 6.45) is 0.312. The molecule has 6 nitrogen and oxygen atoms in total. The predicted octanol–water partition coefficient (Wildman–Crippen LogP) is 2.57. The van der Waals surface area contributed by atoms with Crippen molar-refractivity contribution in [2.45, 2.75) is 59.9 Å². The van der Waals surface area contributed by atoms with Gasteiger partial charge in [0.15, 0.2) is 0 Å². The summed E-state index contributed by atoms with van der Waals surface area (Å²) in [4.78, 5) is 34.8. The predicted molar refractivity (Wildman–Crippen MR) is 94.6 cm³/mol. The maximum absolute atomic E-state index is 12.0. The van der Waals surface area contributed by atoms with E-state index in [1.54, 1.807) is 6.07 Å². The van der Waals surface area contributed by atoms with E-state index in [2.05, 4.69) is 5.32 Å². The van der Waals surface area contributed by atoms with Crippen LogP contribution in [0.15, 0.2) is 6.07 Å². The number of esters is 2. The Hall–Kier alpha value is -2.37. The van der Waals surface area contributed by atoms with E-state index < -0.39 is 12.0 Å². The summed E-state index contributed by atoms with van der Waals surface area (Å²) in [7, 11) is 1.29. The molecule has 1 atom stereocenters. The first-order chi connectivity index (χ1) is 11.6. The lowest BCUT2D eigenvalue weighted by Gasteiger charge is -2.24. The van der Waals surface area contributed by atoms with Crippen LogP contribution in [0.5, 0.6) is 5.75 Å². The van der Waals surface area contributed by atoms with Gasteiger partial charge in [-0.2, -0.15) is 0 Å². The Morgan fingerprint density at radius 3 is 2.20 bits per heavy atom. The number of amides is 1. The third kappa shape index (κ3) is 5.31. The average molecular weight is 349 g/mol. The Kier molecular flexibility index (Phi) is 7.15. The van der Waals surface area contributed by atoms with Gasteiger partial charge in [-0.25, -0.2) is 4.79 Å². The van der Waals surface area contributed by atoms with Crippen molar-refractivity contribution in [2.24, 2.45) is 0 Å². The second-order valence-electron chi connectivity index (χ2n) is 6.44. The zero-order valence-corrected chi connectivity index (χ0v) is 16.0. The molecule has 25 heavy (non-hydrogen) atoms. The van der Waals surface area contributed by atoms with Gasteiger partial charge in [-0.05, 0) is 48.1 Å².